The average molecular weight is 173 g/mol. The zero-order chi connectivity index (χ0) is 9.42. The third kappa shape index (κ3) is 1.02. The van der Waals surface area contributed by atoms with E-state index in [-0.39, 0.29) is 5.88 Å². The van der Waals surface area contributed by atoms with Crippen LogP contribution in [0.3, 0.4) is 0 Å². The number of nitrogens with zero attached hydrogens (tertiary/aromatic N) is 2. The minimum Gasteiger partial charge on any atom is -0.495 e. The zero-order valence-electron chi connectivity index (χ0n) is 7.00. The van der Waals surface area contributed by atoms with Crippen molar-refractivity contribution in [2.24, 2.45) is 0 Å². The van der Waals surface area contributed by atoms with Crippen LogP contribution in [0.5, 0.6) is 5.88 Å². The number of pyridine rings is 1. The van der Waals surface area contributed by atoms with E-state index in [2.05, 4.69) is 9.97 Å². The van der Waals surface area contributed by atoms with Gasteiger partial charge in [0.1, 0.15) is 11.7 Å². The third-order valence-electron chi connectivity index (χ3n) is 2.03. The van der Waals surface area contributed by atoms with Gasteiger partial charge < -0.3 is 10.1 Å². The molecule has 2 heterocycles. The molecule has 0 aromatic carbocycles. The molecule has 0 atom stereocenters. The number of aromatic amines is 1. The van der Waals surface area contributed by atoms with Gasteiger partial charge in [-0.2, -0.15) is 5.26 Å². The fraction of sp³-hybridized carbons (Fsp3) is 0.111. The molecule has 2 N–H and O–H groups in total. The van der Waals surface area contributed by atoms with Crippen molar-refractivity contribution in [3.63, 3.8) is 0 Å². The molecular weight excluding hydrogens is 166 g/mol. The number of H-pyrrole nitrogens is 1. The lowest BCUT2D eigenvalue weighted by Crippen LogP contribution is -1.85. The summed E-state index contributed by atoms with van der Waals surface area (Å²) in [5.74, 6) is 0.0701. The van der Waals surface area contributed by atoms with Gasteiger partial charge in [-0.1, -0.05) is 0 Å². The average Bonchev–Trinajstić information content (AvgIpc) is 2.47. The van der Waals surface area contributed by atoms with Crippen molar-refractivity contribution in [3.05, 3.63) is 23.4 Å². The summed E-state index contributed by atoms with van der Waals surface area (Å²) >= 11 is 0. The summed E-state index contributed by atoms with van der Waals surface area (Å²) in [5, 5.41) is 18.7. The lowest BCUT2D eigenvalue weighted by atomic mass is 10.1. The lowest BCUT2D eigenvalue weighted by molar-refractivity contribution is 0.458. The van der Waals surface area contributed by atoms with Crippen molar-refractivity contribution in [2.75, 3.05) is 0 Å². The number of aromatic nitrogens is 2. The van der Waals surface area contributed by atoms with Crippen LogP contribution in [0.25, 0.3) is 11.0 Å². The fourth-order valence-corrected chi connectivity index (χ4v) is 1.30. The molecule has 0 bridgehead atoms. The van der Waals surface area contributed by atoms with Crippen LogP contribution in [0, 0.1) is 18.3 Å². The van der Waals surface area contributed by atoms with Crippen molar-refractivity contribution in [2.45, 2.75) is 6.92 Å². The maximum Gasteiger partial charge on any atom is 0.190 e. The number of nitriles is 1. The monoisotopic (exact) mass is 173 g/mol. The summed E-state index contributed by atoms with van der Waals surface area (Å²) < 4.78 is 0. The normalized spacial score (nSPS) is 10.2. The quantitative estimate of drug-likeness (QED) is 0.633. The molecule has 2 rings (SSSR count). The lowest BCUT2D eigenvalue weighted by Gasteiger charge is -1.96. The molecule has 0 aliphatic rings. The second kappa shape index (κ2) is 2.49. The second-order valence-corrected chi connectivity index (χ2v) is 2.83. The van der Waals surface area contributed by atoms with Crippen LogP contribution in [-0.2, 0) is 0 Å². The summed E-state index contributed by atoms with van der Waals surface area (Å²) in [7, 11) is 0. The van der Waals surface area contributed by atoms with E-state index < -0.39 is 0 Å². The zero-order valence-corrected chi connectivity index (χ0v) is 7.00. The summed E-state index contributed by atoms with van der Waals surface area (Å²) in [4.78, 5) is 6.68. The molecule has 0 aliphatic carbocycles. The second-order valence-electron chi connectivity index (χ2n) is 2.83. The number of nitrogens with one attached hydrogen (secondary N) is 1. The molecule has 2 aromatic rings. The summed E-state index contributed by atoms with van der Waals surface area (Å²) in [6.07, 6.45) is 1.49. The molecule has 4 heteroatoms. The highest BCUT2D eigenvalue weighted by Crippen LogP contribution is 2.22. The first-order valence-corrected chi connectivity index (χ1v) is 3.80. The Balaban J connectivity index is 2.87. The topological polar surface area (TPSA) is 72.7 Å². The molecule has 0 unspecified atom stereocenters. The van der Waals surface area contributed by atoms with Crippen LogP contribution in [0.1, 0.15) is 11.1 Å². The van der Waals surface area contributed by atoms with Crippen LogP contribution in [0.15, 0.2) is 12.3 Å². The van der Waals surface area contributed by atoms with Crippen molar-refractivity contribution < 1.29 is 5.11 Å². The first kappa shape index (κ1) is 7.62. The van der Waals surface area contributed by atoms with Gasteiger partial charge in [-0.3, -0.25) is 0 Å². The molecule has 0 aliphatic heterocycles. The van der Waals surface area contributed by atoms with Crippen LogP contribution in [-0.4, -0.2) is 15.1 Å². The number of fused-ring (bicyclic) bond motifs is 1. The summed E-state index contributed by atoms with van der Waals surface area (Å²) in [5.41, 5.74) is 1.98. The fourth-order valence-electron chi connectivity index (χ4n) is 1.30. The number of rotatable bonds is 0. The Morgan fingerprint density at radius 3 is 3.08 bits per heavy atom. The first-order valence-electron chi connectivity index (χ1n) is 3.80. The Kier molecular flexibility index (Phi) is 1.46. The Morgan fingerprint density at radius 1 is 1.62 bits per heavy atom. The molecule has 0 spiro atoms. The molecular formula is C9H7N3O. The number of hydrogen-bond donors (Lipinski definition) is 2. The molecule has 64 valence electrons. The predicted molar refractivity (Wildman–Crippen MR) is 47.2 cm³/mol. The Bertz CT molecular complexity index is 507. The van der Waals surface area contributed by atoms with Crippen molar-refractivity contribution >= 4 is 11.0 Å². The van der Waals surface area contributed by atoms with E-state index in [0.29, 0.717) is 11.2 Å². The Labute approximate surface area is 74.5 Å². The Hall–Kier alpha value is -2.02. The van der Waals surface area contributed by atoms with E-state index in [4.69, 9.17) is 10.4 Å². The SMILES string of the molecule is Cc1c(C#N)cnc2[nH]c(O)cc12. The molecule has 2 aromatic heterocycles. The highest BCUT2D eigenvalue weighted by atomic mass is 16.3. The maximum atomic E-state index is 9.17. The van der Waals surface area contributed by atoms with Gasteiger partial charge in [0.2, 0.25) is 0 Å². The van der Waals surface area contributed by atoms with Gasteiger partial charge in [0.15, 0.2) is 5.88 Å². The molecule has 0 amide bonds. The largest absolute Gasteiger partial charge is 0.495 e. The summed E-state index contributed by atoms with van der Waals surface area (Å²) in [6, 6.07) is 3.61. The molecule has 0 saturated heterocycles. The van der Waals surface area contributed by atoms with Gasteiger partial charge in [0, 0.05) is 17.6 Å². The van der Waals surface area contributed by atoms with E-state index in [9.17, 15) is 0 Å². The van der Waals surface area contributed by atoms with Crippen LogP contribution in [0.2, 0.25) is 0 Å². The predicted octanol–water partition coefficient (Wildman–Crippen LogP) is 1.45. The molecule has 13 heavy (non-hydrogen) atoms. The van der Waals surface area contributed by atoms with Gasteiger partial charge in [-0.05, 0) is 12.5 Å². The minimum atomic E-state index is 0.0701. The van der Waals surface area contributed by atoms with Crippen molar-refractivity contribution in [1.82, 2.24) is 9.97 Å². The molecule has 0 radical (unpaired) electrons. The number of hydrogen-bond acceptors (Lipinski definition) is 3. The van der Waals surface area contributed by atoms with Gasteiger partial charge in [-0.25, -0.2) is 4.98 Å². The van der Waals surface area contributed by atoms with Gasteiger partial charge in [0.25, 0.3) is 0 Å². The highest BCUT2D eigenvalue weighted by molar-refractivity contribution is 5.82. The highest BCUT2D eigenvalue weighted by Gasteiger charge is 2.06. The van der Waals surface area contributed by atoms with Crippen molar-refractivity contribution in [3.8, 4) is 11.9 Å². The Morgan fingerprint density at radius 2 is 2.38 bits per heavy atom. The van der Waals surface area contributed by atoms with Gasteiger partial charge in [0.05, 0.1) is 5.56 Å². The van der Waals surface area contributed by atoms with Crippen molar-refractivity contribution in [1.29, 1.82) is 5.26 Å². The minimum absolute atomic E-state index is 0.0701. The van der Waals surface area contributed by atoms with Crippen LogP contribution < -0.4 is 0 Å². The molecule has 4 nitrogen and oxygen atoms in total. The van der Waals surface area contributed by atoms with E-state index in [1.54, 1.807) is 6.07 Å². The third-order valence-corrected chi connectivity index (χ3v) is 2.03. The van der Waals surface area contributed by atoms with Crippen LogP contribution >= 0.6 is 0 Å². The van der Waals surface area contributed by atoms with E-state index >= 15 is 0 Å². The first-order chi connectivity index (χ1) is 6.22. The smallest absolute Gasteiger partial charge is 0.190 e. The van der Waals surface area contributed by atoms with Gasteiger partial charge >= 0.3 is 0 Å². The van der Waals surface area contributed by atoms with E-state index in [0.717, 1.165) is 10.9 Å². The number of aromatic hydroxyl groups is 1. The van der Waals surface area contributed by atoms with Crippen LogP contribution in [0.4, 0.5) is 0 Å². The van der Waals surface area contributed by atoms with E-state index in [1.807, 2.05) is 13.0 Å². The standard InChI is InChI=1S/C9H7N3O/c1-5-6(3-10)4-11-9-7(5)2-8(13)12-9/h2,4,13H,1H3,(H,11,12). The van der Waals surface area contributed by atoms with Gasteiger partial charge in [-0.15, -0.1) is 0 Å². The van der Waals surface area contributed by atoms with E-state index in [1.165, 1.54) is 6.20 Å². The maximum absolute atomic E-state index is 9.17. The molecule has 0 fully saturated rings. The summed E-state index contributed by atoms with van der Waals surface area (Å²) in [6.45, 7) is 1.83. The molecule has 0 saturated carbocycles. The number of aryl methyl sites for hydroxylation is 1.